The summed E-state index contributed by atoms with van der Waals surface area (Å²) in [6.45, 7) is 2.85. The highest BCUT2D eigenvalue weighted by Crippen LogP contribution is 2.22. The fourth-order valence-electron chi connectivity index (χ4n) is 1.47. The van der Waals surface area contributed by atoms with Crippen LogP contribution in [0.5, 0.6) is 5.75 Å². The molecule has 0 bridgehead atoms. The molecule has 0 saturated heterocycles. The molecule has 1 aromatic carbocycles. The Hall–Kier alpha value is -1.42. The summed E-state index contributed by atoms with van der Waals surface area (Å²) >= 11 is 0. The maximum atomic E-state index is 5.77. The first-order valence-electron chi connectivity index (χ1n) is 5.35. The van der Waals surface area contributed by atoms with E-state index in [0.29, 0.717) is 11.7 Å². The predicted molar refractivity (Wildman–Crippen MR) is 67.0 cm³/mol. The lowest BCUT2D eigenvalue weighted by molar-refractivity contribution is 0.191. The van der Waals surface area contributed by atoms with E-state index in [4.69, 9.17) is 15.2 Å². The molecule has 3 N–H and O–H groups in total. The van der Waals surface area contributed by atoms with Crippen molar-refractivity contribution in [3.63, 3.8) is 0 Å². The minimum atomic E-state index is 0.339. The zero-order chi connectivity index (χ0) is 12.0. The van der Waals surface area contributed by atoms with Crippen molar-refractivity contribution in [3.05, 3.63) is 18.2 Å². The Balaban J connectivity index is 2.61. The van der Waals surface area contributed by atoms with Gasteiger partial charge in [0.15, 0.2) is 0 Å². The monoisotopic (exact) mass is 224 g/mol. The van der Waals surface area contributed by atoms with Crippen LogP contribution >= 0.6 is 0 Å². The van der Waals surface area contributed by atoms with Crippen molar-refractivity contribution in [2.24, 2.45) is 0 Å². The number of nitrogen functional groups attached to an aromatic ring is 1. The van der Waals surface area contributed by atoms with Gasteiger partial charge >= 0.3 is 0 Å². The summed E-state index contributed by atoms with van der Waals surface area (Å²) in [5.74, 6) is 0.765. The standard InChI is InChI=1S/C12H20N2O2/c1-9(4-5-15-2)14-11-6-10(13)7-12(8-11)16-3/h6-9,14H,4-5,13H2,1-3H3. The Bertz CT molecular complexity index is 329. The average molecular weight is 224 g/mol. The molecule has 4 nitrogen and oxygen atoms in total. The van der Waals surface area contributed by atoms with E-state index < -0.39 is 0 Å². The molecule has 0 fully saturated rings. The summed E-state index contributed by atoms with van der Waals surface area (Å²) in [6.07, 6.45) is 0.952. The lowest BCUT2D eigenvalue weighted by atomic mass is 10.2. The van der Waals surface area contributed by atoms with E-state index in [9.17, 15) is 0 Å². The van der Waals surface area contributed by atoms with Gasteiger partial charge in [-0.3, -0.25) is 0 Å². The summed E-state index contributed by atoms with van der Waals surface area (Å²) in [5.41, 5.74) is 7.43. The molecule has 1 aromatic rings. The van der Waals surface area contributed by atoms with E-state index in [-0.39, 0.29) is 0 Å². The van der Waals surface area contributed by atoms with Crippen LogP contribution in [0.1, 0.15) is 13.3 Å². The molecule has 0 aliphatic heterocycles. The van der Waals surface area contributed by atoms with Gasteiger partial charge in [0.2, 0.25) is 0 Å². The van der Waals surface area contributed by atoms with Crippen molar-refractivity contribution in [3.8, 4) is 5.75 Å². The van der Waals surface area contributed by atoms with Crippen LogP contribution in [0, 0.1) is 0 Å². The second kappa shape index (κ2) is 6.23. The molecule has 1 atom stereocenters. The number of methoxy groups -OCH3 is 2. The first kappa shape index (κ1) is 12.6. The van der Waals surface area contributed by atoms with Crippen molar-refractivity contribution in [1.82, 2.24) is 0 Å². The maximum absolute atomic E-state index is 5.77. The summed E-state index contributed by atoms with van der Waals surface area (Å²) in [7, 11) is 3.34. The highest BCUT2D eigenvalue weighted by Gasteiger charge is 2.04. The van der Waals surface area contributed by atoms with Crippen LogP contribution in [-0.2, 0) is 4.74 Å². The van der Waals surface area contributed by atoms with E-state index in [0.717, 1.165) is 24.5 Å². The largest absolute Gasteiger partial charge is 0.497 e. The van der Waals surface area contributed by atoms with Gasteiger partial charge in [0, 0.05) is 43.3 Å². The molecule has 0 aromatic heterocycles. The molecule has 1 rings (SSSR count). The highest BCUT2D eigenvalue weighted by atomic mass is 16.5. The molecule has 90 valence electrons. The number of hydrogen-bond acceptors (Lipinski definition) is 4. The highest BCUT2D eigenvalue weighted by molar-refractivity contribution is 5.59. The first-order chi connectivity index (χ1) is 7.65. The quantitative estimate of drug-likeness (QED) is 0.727. The third-order valence-electron chi connectivity index (χ3n) is 2.33. The number of nitrogens with one attached hydrogen (secondary N) is 1. The number of hydrogen-bond donors (Lipinski definition) is 2. The van der Waals surface area contributed by atoms with Gasteiger partial charge in [0.05, 0.1) is 7.11 Å². The maximum Gasteiger partial charge on any atom is 0.122 e. The van der Waals surface area contributed by atoms with Crippen molar-refractivity contribution in [2.45, 2.75) is 19.4 Å². The predicted octanol–water partition coefficient (Wildman–Crippen LogP) is 2.11. The average Bonchev–Trinajstić information content (AvgIpc) is 2.25. The molecule has 4 heteroatoms. The lowest BCUT2D eigenvalue weighted by Crippen LogP contribution is -2.17. The number of benzene rings is 1. The van der Waals surface area contributed by atoms with Gasteiger partial charge in [-0.2, -0.15) is 0 Å². The van der Waals surface area contributed by atoms with Crippen LogP contribution in [0.15, 0.2) is 18.2 Å². The third-order valence-corrected chi connectivity index (χ3v) is 2.33. The van der Waals surface area contributed by atoms with Gasteiger partial charge < -0.3 is 20.5 Å². The fourth-order valence-corrected chi connectivity index (χ4v) is 1.47. The van der Waals surface area contributed by atoms with E-state index in [1.165, 1.54) is 0 Å². The molecule has 0 aliphatic rings. The van der Waals surface area contributed by atoms with E-state index in [1.807, 2.05) is 12.1 Å². The van der Waals surface area contributed by atoms with Gasteiger partial charge in [-0.25, -0.2) is 0 Å². The van der Waals surface area contributed by atoms with Gasteiger partial charge in [0.1, 0.15) is 5.75 Å². The van der Waals surface area contributed by atoms with E-state index in [1.54, 1.807) is 20.3 Å². The normalized spacial score (nSPS) is 12.2. The number of nitrogens with two attached hydrogens (primary N) is 1. The van der Waals surface area contributed by atoms with Gasteiger partial charge in [-0.15, -0.1) is 0 Å². The summed E-state index contributed by atoms with van der Waals surface area (Å²) < 4.78 is 10.2. The Morgan fingerprint density at radius 3 is 2.69 bits per heavy atom. The van der Waals surface area contributed by atoms with Gasteiger partial charge in [-0.1, -0.05) is 0 Å². The molecule has 16 heavy (non-hydrogen) atoms. The van der Waals surface area contributed by atoms with E-state index >= 15 is 0 Å². The smallest absolute Gasteiger partial charge is 0.122 e. The Morgan fingerprint density at radius 1 is 1.31 bits per heavy atom. The van der Waals surface area contributed by atoms with Crippen LogP contribution in [0.25, 0.3) is 0 Å². The number of ether oxygens (including phenoxy) is 2. The minimum absolute atomic E-state index is 0.339. The van der Waals surface area contributed by atoms with Gasteiger partial charge in [-0.05, 0) is 19.4 Å². The Morgan fingerprint density at radius 2 is 2.06 bits per heavy atom. The number of rotatable bonds is 6. The van der Waals surface area contributed by atoms with E-state index in [2.05, 4.69) is 12.2 Å². The minimum Gasteiger partial charge on any atom is -0.497 e. The second-order valence-electron chi connectivity index (χ2n) is 3.82. The molecular formula is C12H20N2O2. The van der Waals surface area contributed by atoms with Crippen molar-refractivity contribution in [1.29, 1.82) is 0 Å². The van der Waals surface area contributed by atoms with Crippen LogP contribution in [0.4, 0.5) is 11.4 Å². The fraction of sp³-hybridized carbons (Fsp3) is 0.500. The molecule has 0 amide bonds. The Labute approximate surface area is 96.7 Å². The summed E-state index contributed by atoms with van der Waals surface area (Å²) in [4.78, 5) is 0. The zero-order valence-corrected chi connectivity index (χ0v) is 10.1. The first-order valence-corrected chi connectivity index (χ1v) is 5.35. The topological polar surface area (TPSA) is 56.5 Å². The molecule has 0 heterocycles. The summed E-state index contributed by atoms with van der Waals surface area (Å²) in [6, 6.07) is 5.96. The molecule has 0 spiro atoms. The van der Waals surface area contributed by atoms with Crippen molar-refractivity contribution >= 4 is 11.4 Å². The third kappa shape index (κ3) is 3.98. The van der Waals surface area contributed by atoms with Crippen molar-refractivity contribution < 1.29 is 9.47 Å². The summed E-state index contributed by atoms with van der Waals surface area (Å²) in [5, 5.41) is 3.35. The van der Waals surface area contributed by atoms with Crippen LogP contribution in [0.2, 0.25) is 0 Å². The van der Waals surface area contributed by atoms with Crippen molar-refractivity contribution in [2.75, 3.05) is 31.9 Å². The molecule has 1 unspecified atom stereocenters. The molecule has 0 aliphatic carbocycles. The molecular weight excluding hydrogens is 204 g/mol. The van der Waals surface area contributed by atoms with Crippen LogP contribution in [-0.4, -0.2) is 26.9 Å². The Kier molecular flexibility index (Phi) is 4.92. The van der Waals surface area contributed by atoms with Gasteiger partial charge in [0.25, 0.3) is 0 Å². The molecule has 0 radical (unpaired) electrons. The SMILES string of the molecule is COCCC(C)Nc1cc(N)cc(OC)c1. The zero-order valence-electron chi connectivity index (χ0n) is 10.1. The number of anilines is 2. The lowest BCUT2D eigenvalue weighted by Gasteiger charge is -2.15. The van der Waals surface area contributed by atoms with Crippen LogP contribution < -0.4 is 15.8 Å². The molecule has 0 saturated carbocycles. The van der Waals surface area contributed by atoms with Crippen LogP contribution in [0.3, 0.4) is 0 Å². The second-order valence-corrected chi connectivity index (χ2v) is 3.82.